The lowest BCUT2D eigenvalue weighted by Gasteiger charge is -2.11. The van der Waals surface area contributed by atoms with Crippen molar-refractivity contribution < 1.29 is 0 Å². The van der Waals surface area contributed by atoms with Crippen LogP contribution in [0.3, 0.4) is 0 Å². The number of hydrogen-bond donors (Lipinski definition) is 0. The highest BCUT2D eigenvalue weighted by Crippen LogP contribution is 2.38. The first-order valence-electron chi connectivity index (χ1n) is 13.5. The molecule has 2 heterocycles. The summed E-state index contributed by atoms with van der Waals surface area (Å²) >= 11 is 0. The first kappa shape index (κ1) is 24.5. The van der Waals surface area contributed by atoms with Crippen LogP contribution in [0.5, 0.6) is 0 Å². The minimum atomic E-state index is 1.13. The quantitative estimate of drug-likeness (QED) is 0.200. The van der Waals surface area contributed by atoms with Gasteiger partial charge in [-0.15, -0.1) is 0 Å². The lowest BCUT2D eigenvalue weighted by atomic mass is 10.0. The van der Waals surface area contributed by atoms with Crippen molar-refractivity contribution in [2.24, 2.45) is 0 Å². The third-order valence-corrected chi connectivity index (χ3v) is 7.53. The first-order chi connectivity index (χ1) is 19.2. The van der Waals surface area contributed by atoms with E-state index < -0.39 is 0 Å². The summed E-state index contributed by atoms with van der Waals surface area (Å²) in [6, 6.07) is 31.0. The van der Waals surface area contributed by atoms with Crippen LogP contribution in [-0.2, 0) is 0 Å². The number of aromatic nitrogens is 2. The average molecular weight is 505 g/mol. The Morgan fingerprint density at radius 3 is 1.77 bits per heavy atom. The molecule has 0 aliphatic heterocycles. The molecule has 0 saturated carbocycles. The average Bonchev–Trinajstić information content (AvgIpc) is 3.49. The van der Waals surface area contributed by atoms with Crippen LogP contribution in [0.4, 0.5) is 0 Å². The van der Waals surface area contributed by atoms with Crippen molar-refractivity contribution in [1.82, 2.24) is 9.13 Å². The lowest BCUT2D eigenvalue weighted by molar-refractivity contribution is 1.23. The Hall–Kier alpha value is -4.82. The Morgan fingerprint density at radius 2 is 1.10 bits per heavy atom. The summed E-state index contributed by atoms with van der Waals surface area (Å²) in [5, 5.41) is 5.04. The standard InChI is InChI=1S/C37H32N2/c1-5-9-15-29(8-4)38-35-19-13-11-17-31(35)33-24-26(21-23-36(33)38)27-20-22-32-30-16-10-12-18-34(30)39(37(32)25-27)28(7-3)14-6-2/h5-25H,1H2,2-4H3/b14-6-,15-9-,28-7+,29-8+. The van der Waals surface area contributed by atoms with E-state index in [2.05, 4.69) is 152 Å². The van der Waals surface area contributed by atoms with Crippen LogP contribution >= 0.6 is 0 Å². The zero-order valence-electron chi connectivity index (χ0n) is 22.7. The van der Waals surface area contributed by atoms with Crippen LogP contribution in [-0.4, -0.2) is 9.13 Å². The summed E-state index contributed by atoms with van der Waals surface area (Å²) in [4.78, 5) is 0. The number of fused-ring (bicyclic) bond motifs is 6. The Morgan fingerprint density at radius 1 is 0.564 bits per heavy atom. The number of nitrogens with zero attached hydrogens (tertiary/aromatic N) is 2. The Labute approximate surface area is 229 Å². The molecule has 0 fully saturated rings. The van der Waals surface area contributed by atoms with Gasteiger partial charge in [0.2, 0.25) is 0 Å². The highest BCUT2D eigenvalue weighted by atomic mass is 15.0. The summed E-state index contributed by atoms with van der Waals surface area (Å²) < 4.78 is 4.72. The molecular formula is C37H32N2. The molecule has 0 spiro atoms. The maximum Gasteiger partial charge on any atom is 0.0547 e. The van der Waals surface area contributed by atoms with Gasteiger partial charge in [-0.3, -0.25) is 0 Å². The molecule has 0 unspecified atom stereocenters. The zero-order chi connectivity index (χ0) is 26.9. The van der Waals surface area contributed by atoms with Gasteiger partial charge in [-0.1, -0.05) is 91.6 Å². The summed E-state index contributed by atoms with van der Waals surface area (Å²) in [5.74, 6) is 0. The second kappa shape index (κ2) is 10.2. The highest BCUT2D eigenvalue weighted by Gasteiger charge is 2.16. The van der Waals surface area contributed by atoms with Crippen LogP contribution in [0.1, 0.15) is 20.8 Å². The van der Waals surface area contributed by atoms with Crippen molar-refractivity contribution in [3.8, 4) is 11.1 Å². The molecule has 0 aliphatic rings. The fourth-order valence-electron chi connectivity index (χ4n) is 5.80. The van der Waals surface area contributed by atoms with Gasteiger partial charge in [-0.05, 0) is 74.4 Å². The van der Waals surface area contributed by atoms with Crippen LogP contribution in [0, 0.1) is 0 Å². The van der Waals surface area contributed by atoms with Crippen LogP contribution < -0.4 is 0 Å². The molecule has 6 aromatic rings. The largest absolute Gasteiger partial charge is 0.310 e. The zero-order valence-corrected chi connectivity index (χ0v) is 22.7. The molecule has 2 nitrogen and oxygen atoms in total. The molecule has 6 rings (SSSR count). The molecule has 0 aliphatic carbocycles. The lowest BCUT2D eigenvalue weighted by Crippen LogP contribution is -1.94. The van der Waals surface area contributed by atoms with Crippen molar-refractivity contribution in [2.45, 2.75) is 20.8 Å². The second-order valence-electron chi connectivity index (χ2n) is 9.69. The molecule has 0 bridgehead atoms. The van der Waals surface area contributed by atoms with E-state index in [0.717, 1.165) is 5.70 Å². The van der Waals surface area contributed by atoms with Gasteiger partial charge in [-0.2, -0.15) is 0 Å². The number of para-hydroxylation sites is 2. The summed E-state index contributed by atoms with van der Waals surface area (Å²) in [7, 11) is 0. The third kappa shape index (κ3) is 3.97. The van der Waals surface area contributed by atoms with Gasteiger partial charge in [0, 0.05) is 32.9 Å². The third-order valence-electron chi connectivity index (χ3n) is 7.53. The molecule has 190 valence electrons. The molecule has 0 radical (unpaired) electrons. The van der Waals surface area contributed by atoms with E-state index in [4.69, 9.17) is 0 Å². The fraction of sp³-hybridized carbons (Fsp3) is 0.0811. The molecule has 4 aromatic carbocycles. The van der Waals surface area contributed by atoms with Gasteiger partial charge in [-0.25, -0.2) is 0 Å². The normalized spacial score (nSPS) is 13.2. The monoisotopic (exact) mass is 504 g/mol. The number of benzene rings is 4. The van der Waals surface area contributed by atoms with Crippen molar-refractivity contribution in [2.75, 3.05) is 0 Å². The van der Waals surface area contributed by atoms with E-state index in [1.54, 1.807) is 0 Å². The van der Waals surface area contributed by atoms with Gasteiger partial charge in [0.15, 0.2) is 0 Å². The van der Waals surface area contributed by atoms with Gasteiger partial charge in [0.05, 0.1) is 22.1 Å². The molecular weight excluding hydrogens is 472 g/mol. The van der Waals surface area contributed by atoms with Gasteiger partial charge in [0.1, 0.15) is 0 Å². The molecule has 0 N–H and O–H groups in total. The topological polar surface area (TPSA) is 9.86 Å². The van der Waals surface area contributed by atoms with Crippen LogP contribution in [0.2, 0.25) is 0 Å². The van der Waals surface area contributed by atoms with Gasteiger partial charge < -0.3 is 9.13 Å². The van der Waals surface area contributed by atoms with E-state index in [1.807, 2.05) is 12.2 Å². The van der Waals surface area contributed by atoms with Crippen molar-refractivity contribution >= 4 is 55.0 Å². The number of allylic oxidation sites excluding steroid dienone is 9. The Bertz CT molecular complexity index is 2000. The van der Waals surface area contributed by atoms with Gasteiger partial charge >= 0.3 is 0 Å². The predicted molar refractivity (Wildman–Crippen MR) is 172 cm³/mol. The van der Waals surface area contributed by atoms with Crippen LogP contribution in [0.25, 0.3) is 66.1 Å². The minimum absolute atomic E-state index is 1.13. The summed E-state index contributed by atoms with van der Waals surface area (Å²) in [6.07, 6.45) is 14.5. The number of rotatable bonds is 6. The molecule has 2 heteroatoms. The Balaban J connectivity index is 1.60. The van der Waals surface area contributed by atoms with Crippen LogP contribution in [0.15, 0.2) is 134 Å². The molecule has 0 atom stereocenters. The van der Waals surface area contributed by atoms with Crippen molar-refractivity contribution in [3.63, 3.8) is 0 Å². The smallest absolute Gasteiger partial charge is 0.0547 e. The fourth-order valence-corrected chi connectivity index (χ4v) is 5.80. The molecule has 0 amide bonds. The minimum Gasteiger partial charge on any atom is -0.310 e. The Kier molecular flexibility index (Phi) is 6.38. The first-order valence-corrected chi connectivity index (χ1v) is 13.5. The second-order valence-corrected chi connectivity index (χ2v) is 9.69. The van der Waals surface area contributed by atoms with E-state index in [0.29, 0.717) is 0 Å². The molecule has 2 aromatic heterocycles. The molecule has 0 saturated heterocycles. The SMILES string of the molecule is C=C/C=C\C(=C/C)n1c2ccccc2c2cc(-c3ccc4c5ccccc5n(C(/C=C\C)=C/C)c4c3)ccc21. The summed E-state index contributed by atoms with van der Waals surface area (Å²) in [6.45, 7) is 10.1. The number of hydrogen-bond acceptors (Lipinski definition) is 0. The summed E-state index contributed by atoms with van der Waals surface area (Å²) in [5.41, 5.74) is 9.55. The van der Waals surface area contributed by atoms with E-state index in [9.17, 15) is 0 Å². The maximum absolute atomic E-state index is 3.85. The van der Waals surface area contributed by atoms with E-state index >= 15 is 0 Å². The van der Waals surface area contributed by atoms with E-state index in [-0.39, 0.29) is 0 Å². The molecule has 39 heavy (non-hydrogen) atoms. The van der Waals surface area contributed by atoms with Crippen molar-refractivity contribution in [3.05, 3.63) is 134 Å². The predicted octanol–water partition coefficient (Wildman–Crippen LogP) is 10.6. The maximum atomic E-state index is 3.85. The van der Waals surface area contributed by atoms with E-state index in [1.165, 1.54) is 60.4 Å². The highest BCUT2D eigenvalue weighted by molar-refractivity contribution is 6.13. The van der Waals surface area contributed by atoms with Gasteiger partial charge in [0.25, 0.3) is 0 Å². The van der Waals surface area contributed by atoms with Crippen molar-refractivity contribution in [1.29, 1.82) is 0 Å².